The zero-order chi connectivity index (χ0) is 21.8. The second kappa shape index (κ2) is 8.54. The molecule has 4 rings (SSSR count). The van der Waals surface area contributed by atoms with Crippen molar-refractivity contribution >= 4 is 17.3 Å². The lowest BCUT2D eigenvalue weighted by Crippen LogP contribution is -2.10. The molecular formula is C24H18N2O5. The Hall–Kier alpha value is -4.39. The van der Waals surface area contributed by atoms with E-state index in [-0.39, 0.29) is 11.4 Å². The summed E-state index contributed by atoms with van der Waals surface area (Å²) in [5, 5.41) is 13.5. The second-order valence-electron chi connectivity index (χ2n) is 6.86. The minimum Gasteiger partial charge on any atom is -0.457 e. The Morgan fingerprint density at radius 3 is 2.35 bits per heavy atom. The van der Waals surface area contributed by atoms with Crippen LogP contribution in [-0.4, -0.2) is 10.8 Å². The predicted octanol–water partition coefficient (Wildman–Crippen LogP) is 6.21. The summed E-state index contributed by atoms with van der Waals surface area (Å²) in [6.45, 7) is 1.99. The van der Waals surface area contributed by atoms with Gasteiger partial charge in [0.1, 0.15) is 17.3 Å². The van der Waals surface area contributed by atoms with Gasteiger partial charge >= 0.3 is 0 Å². The fraction of sp³-hybridized carbons (Fsp3) is 0.0417. The monoisotopic (exact) mass is 414 g/mol. The van der Waals surface area contributed by atoms with Crippen LogP contribution in [0.3, 0.4) is 0 Å². The number of aryl methyl sites for hydroxylation is 1. The maximum absolute atomic E-state index is 12.5. The normalized spacial score (nSPS) is 10.5. The lowest BCUT2D eigenvalue weighted by atomic mass is 10.1. The average Bonchev–Trinajstić information content (AvgIpc) is 3.26. The first kappa shape index (κ1) is 19.9. The van der Waals surface area contributed by atoms with Crippen LogP contribution in [-0.2, 0) is 0 Å². The summed E-state index contributed by atoms with van der Waals surface area (Å²) in [6, 6.07) is 23.9. The molecule has 0 saturated heterocycles. The Bertz CT molecular complexity index is 1230. The van der Waals surface area contributed by atoms with E-state index in [9.17, 15) is 14.9 Å². The number of furan rings is 1. The van der Waals surface area contributed by atoms with E-state index in [1.807, 2.05) is 31.2 Å². The summed E-state index contributed by atoms with van der Waals surface area (Å²) in [4.78, 5) is 22.8. The number of benzene rings is 3. The molecule has 4 aromatic rings. The van der Waals surface area contributed by atoms with Crippen LogP contribution < -0.4 is 10.1 Å². The molecule has 1 amide bonds. The number of rotatable bonds is 6. The molecule has 0 atom stereocenters. The molecule has 0 aliphatic carbocycles. The number of ether oxygens (including phenoxy) is 1. The smallest absolute Gasteiger partial charge is 0.291 e. The second-order valence-corrected chi connectivity index (χ2v) is 6.86. The number of hydrogen-bond acceptors (Lipinski definition) is 5. The summed E-state index contributed by atoms with van der Waals surface area (Å²) in [7, 11) is 0. The van der Waals surface area contributed by atoms with Crippen molar-refractivity contribution in [3.8, 4) is 22.8 Å². The third kappa shape index (κ3) is 4.79. The molecule has 1 aromatic heterocycles. The van der Waals surface area contributed by atoms with Crippen molar-refractivity contribution in [2.24, 2.45) is 0 Å². The van der Waals surface area contributed by atoms with Crippen LogP contribution in [0.5, 0.6) is 11.5 Å². The van der Waals surface area contributed by atoms with Crippen molar-refractivity contribution in [1.82, 2.24) is 0 Å². The van der Waals surface area contributed by atoms with Gasteiger partial charge in [0, 0.05) is 23.4 Å². The molecule has 0 aliphatic heterocycles. The van der Waals surface area contributed by atoms with E-state index >= 15 is 0 Å². The zero-order valence-corrected chi connectivity index (χ0v) is 16.6. The molecule has 0 fully saturated rings. The first-order valence-corrected chi connectivity index (χ1v) is 9.48. The van der Waals surface area contributed by atoms with E-state index in [4.69, 9.17) is 9.15 Å². The minimum atomic E-state index is -0.470. The Labute approximate surface area is 178 Å². The molecule has 7 nitrogen and oxygen atoms in total. The van der Waals surface area contributed by atoms with E-state index in [0.717, 1.165) is 11.3 Å². The molecule has 3 aromatic carbocycles. The molecule has 154 valence electrons. The molecule has 0 saturated carbocycles. The summed E-state index contributed by atoms with van der Waals surface area (Å²) < 4.78 is 11.4. The molecular weight excluding hydrogens is 396 g/mol. The summed E-state index contributed by atoms with van der Waals surface area (Å²) >= 11 is 0. The standard InChI is InChI=1S/C24H18N2O5/c1-16-3-2-4-21(15-16)30-20-11-7-18(8-12-20)25-24(27)23-14-13-22(31-23)17-5-9-19(10-6-17)26(28)29/h2-15H,1H3,(H,25,27). The molecule has 1 N–H and O–H groups in total. The fourth-order valence-electron chi connectivity index (χ4n) is 2.98. The first-order valence-electron chi connectivity index (χ1n) is 9.48. The van der Waals surface area contributed by atoms with Crippen molar-refractivity contribution < 1.29 is 18.9 Å². The lowest BCUT2D eigenvalue weighted by molar-refractivity contribution is -0.384. The summed E-state index contributed by atoms with van der Waals surface area (Å²) in [6.07, 6.45) is 0. The van der Waals surface area contributed by atoms with E-state index in [1.54, 1.807) is 48.5 Å². The number of nitrogens with zero attached hydrogens (tertiary/aromatic N) is 1. The van der Waals surface area contributed by atoms with Gasteiger partial charge in [-0.05, 0) is 73.2 Å². The van der Waals surface area contributed by atoms with Gasteiger partial charge in [-0.1, -0.05) is 12.1 Å². The maximum atomic E-state index is 12.5. The number of nitrogens with one attached hydrogen (secondary N) is 1. The SMILES string of the molecule is Cc1cccc(Oc2ccc(NC(=O)c3ccc(-c4ccc([N+](=O)[O-])cc4)o3)cc2)c1. The van der Waals surface area contributed by atoms with E-state index in [0.29, 0.717) is 22.8 Å². The van der Waals surface area contributed by atoms with Crippen molar-refractivity contribution in [2.45, 2.75) is 6.92 Å². The lowest BCUT2D eigenvalue weighted by Gasteiger charge is -2.08. The Morgan fingerprint density at radius 1 is 0.935 bits per heavy atom. The summed E-state index contributed by atoms with van der Waals surface area (Å²) in [5.41, 5.74) is 2.33. The molecule has 31 heavy (non-hydrogen) atoms. The Balaban J connectivity index is 1.41. The number of nitro benzene ring substituents is 1. The number of anilines is 1. The van der Waals surface area contributed by atoms with E-state index in [2.05, 4.69) is 5.32 Å². The third-order valence-electron chi connectivity index (χ3n) is 4.53. The zero-order valence-electron chi connectivity index (χ0n) is 16.6. The molecule has 0 unspecified atom stereocenters. The Kier molecular flexibility index (Phi) is 5.49. The summed E-state index contributed by atoms with van der Waals surface area (Å²) in [5.74, 6) is 1.57. The van der Waals surface area contributed by atoms with Crippen LogP contribution in [0.4, 0.5) is 11.4 Å². The first-order chi connectivity index (χ1) is 15.0. The van der Waals surface area contributed by atoms with Gasteiger partial charge in [-0.15, -0.1) is 0 Å². The van der Waals surface area contributed by atoms with Crippen molar-refractivity contribution in [3.63, 3.8) is 0 Å². The number of amides is 1. The van der Waals surface area contributed by atoms with E-state index < -0.39 is 10.8 Å². The highest BCUT2D eigenvalue weighted by Crippen LogP contribution is 2.26. The average molecular weight is 414 g/mol. The molecule has 0 aliphatic rings. The highest BCUT2D eigenvalue weighted by Gasteiger charge is 2.14. The van der Waals surface area contributed by atoms with Crippen molar-refractivity contribution in [2.75, 3.05) is 5.32 Å². The molecule has 0 bridgehead atoms. The number of carbonyl (C=O) groups excluding carboxylic acids is 1. The van der Waals surface area contributed by atoms with Gasteiger partial charge in [0.05, 0.1) is 4.92 Å². The number of carbonyl (C=O) groups is 1. The maximum Gasteiger partial charge on any atom is 0.291 e. The van der Waals surface area contributed by atoms with Crippen LogP contribution in [0.15, 0.2) is 89.3 Å². The van der Waals surface area contributed by atoms with Crippen LogP contribution in [0.1, 0.15) is 16.1 Å². The predicted molar refractivity (Wildman–Crippen MR) is 116 cm³/mol. The highest BCUT2D eigenvalue weighted by atomic mass is 16.6. The number of hydrogen-bond donors (Lipinski definition) is 1. The van der Waals surface area contributed by atoms with Gasteiger partial charge in [-0.2, -0.15) is 0 Å². The van der Waals surface area contributed by atoms with Crippen molar-refractivity contribution in [3.05, 3.63) is 106 Å². The number of non-ortho nitro benzene ring substituents is 1. The van der Waals surface area contributed by atoms with Gasteiger partial charge in [0.15, 0.2) is 5.76 Å². The van der Waals surface area contributed by atoms with Gasteiger partial charge in [0.2, 0.25) is 0 Å². The highest BCUT2D eigenvalue weighted by molar-refractivity contribution is 6.02. The Morgan fingerprint density at radius 2 is 1.68 bits per heavy atom. The van der Waals surface area contributed by atoms with Gasteiger partial charge < -0.3 is 14.5 Å². The van der Waals surface area contributed by atoms with E-state index in [1.165, 1.54) is 12.1 Å². The van der Waals surface area contributed by atoms with Crippen LogP contribution in [0.25, 0.3) is 11.3 Å². The quantitative estimate of drug-likeness (QED) is 0.299. The van der Waals surface area contributed by atoms with Crippen LogP contribution in [0.2, 0.25) is 0 Å². The third-order valence-corrected chi connectivity index (χ3v) is 4.53. The number of nitro groups is 1. The van der Waals surface area contributed by atoms with Crippen LogP contribution >= 0.6 is 0 Å². The molecule has 1 heterocycles. The fourth-order valence-corrected chi connectivity index (χ4v) is 2.98. The molecule has 7 heteroatoms. The van der Waals surface area contributed by atoms with Gasteiger partial charge in [-0.3, -0.25) is 14.9 Å². The molecule has 0 radical (unpaired) electrons. The topological polar surface area (TPSA) is 94.6 Å². The largest absolute Gasteiger partial charge is 0.457 e. The van der Waals surface area contributed by atoms with Crippen LogP contribution in [0, 0.1) is 17.0 Å². The minimum absolute atomic E-state index is 0.0110. The van der Waals surface area contributed by atoms with Gasteiger partial charge in [0.25, 0.3) is 11.6 Å². The van der Waals surface area contributed by atoms with Crippen molar-refractivity contribution in [1.29, 1.82) is 0 Å². The molecule has 0 spiro atoms. The van der Waals surface area contributed by atoms with Gasteiger partial charge in [-0.25, -0.2) is 0 Å².